The number of hydrogen-bond acceptors (Lipinski definition) is 15. The summed E-state index contributed by atoms with van der Waals surface area (Å²) in [6, 6.07) is 1.25. The van der Waals surface area contributed by atoms with Crippen molar-refractivity contribution in [1.29, 1.82) is 0 Å². The Morgan fingerprint density at radius 1 is 0.733 bits per heavy atom. The van der Waals surface area contributed by atoms with Crippen molar-refractivity contribution < 1.29 is 66.3 Å². The molecular formula is C40H73N3O15P2. The molecular weight excluding hydrogens is 824 g/mol. The van der Waals surface area contributed by atoms with Crippen molar-refractivity contribution in [3.8, 4) is 0 Å². The molecule has 2 rings (SSSR count). The second-order valence-electron chi connectivity index (χ2n) is 15.6. The molecule has 18 nitrogen and oxygen atoms in total. The van der Waals surface area contributed by atoms with Crippen LogP contribution in [0.3, 0.4) is 0 Å². The van der Waals surface area contributed by atoms with E-state index in [1.807, 2.05) is 0 Å². The Bertz CT molecular complexity index is 1500. The Morgan fingerprint density at radius 2 is 1.20 bits per heavy atom. The summed E-state index contributed by atoms with van der Waals surface area (Å²) in [4.78, 5) is 61.5. The molecule has 2 unspecified atom stereocenters. The van der Waals surface area contributed by atoms with Crippen LogP contribution in [0.2, 0.25) is 0 Å². The Morgan fingerprint density at radius 3 is 1.70 bits per heavy atom. The molecule has 0 radical (unpaired) electrons. The highest BCUT2D eigenvalue weighted by Gasteiger charge is 2.46. The van der Waals surface area contributed by atoms with Crippen LogP contribution in [0.25, 0.3) is 0 Å². The zero-order valence-electron chi connectivity index (χ0n) is 35.8. The fourth-order valence-corrected chi connectivity index (χ4v) is 8.84. The van der Waals surface area contributed by atoms with E-state index in [0.29, 0.717) is 12.8 Å². The Kier molecular flexibility index (Phi) is 27.6. The molecule has 0 aromatic carbocycles. The highest BCUT2D eigenvalue weighted by molar-refractivity contribution is 7.61. The van der Waals surface area contributed by atoms with Crippen molar-refractivity contribution in [1.82, 2.24) is 9.55 Å². The maximum absolute atomic E-state index is 12.8. The minimum Gasteiger partial charge on any atom is -0.462 e. The summed E-state index contributed by atoms with van der Waals surface area (Å²) < 4.78 is 56.5. The van der Waals surface area contributed by atoms with E-state index in [9.17, 15) is 43.5 Å². The number of nitrogen functional groups attached to an aromatic ring is 1. The van der Waals surface area contributed by atoms with Gasteiger partial charge in [-0.1, -0.05) is 142 Å². The second kappa shape index (κ2) is 30.7. The molecule has 0 bridgehead atoms. The van der Waals surface area contributed by atoms with E-state index in [1.165, 1.54) is 83.1 Å². The molecule has 60 heavy (non-hydrogen) atoms. The number of phosphoric acid groups is 2. The molecule has 1 fully saturated rings. The number of carbonyl (C=O) groups excluding carboxylic acids is 2. The topological polar surface area (TPSA) is 265 Å². The van der Waals surface area contributed by atoms with Gasteiger partial charge in [0.25, 0.3) is 0 Å². The van der Waals surface area contributed by atoms with Crippen molar-refractivity contribution in [3.05, 3.63) is 22.7 Å². The predicted octanol–water partition coefficient (Wildman–Crippen LogP) is 7.55. The minimum atomic E-state index is -5.41. The molecule has 0 saturated carbocycles. The summed E-state index contributed by atoms with van der Waals surface area (Å²) in [7, 11) is -10.8. The van der Waals surface area contributed by atoms with Crippen molar-refractivity contribution in [3.63, 3.8) is 0 Å². The van der Waals surface area contributed by atoms with Crippen molar-refractivity contribution >= 4 is 33.4 Å². The zero-order chi connectivity index (χ0) is 44.2. The molecule has 0 amide bonds. The average molecular weight is 898 g/mol. The molecule has 7 atom stereocenters. The van der Waals surface area contributed by atoms with Crippen LogP contribution in [-0.2, 0) is 46.3 Å². The van der Waals surface area contributed by atoms with Gasteiger partial charge in [-0.05, 0) is 18.9 Å². The molecule has 20 heteroatoms. The number of anilines is 1. The number of esters is 2. The molecule has 1 saturated heterocycles. The van der Waals surface area contributed by atoms with E-state index in [2.05, 4.69) is 23.1 Å². The fraction of sp³-hybridized carbons (Fsp3) is 0.850. The van der Waals surface area contributed by atoms with Gasteiger partial charge in [0.1, 0.15) is 30.7 Å². The number of nitrogens with zero attached hydrogens (tertiary/aromatic N) is 2. The van der Waals surface area contributed by atoms with E-state index in [-0.39, 0.29) is 18.7 Å². The van der Waals surface area contributed by atoms with Crippen LogP contribution < -0.4 is 11.4 Å². The van der Waals surface area contributed by atoms with Crippen LogP contribution in [-0.4, -0.2) is 85.7 Å². The molecule has 1 aliphatic rings. The summed E-state index contributed by atoms with van der Waals surface area (Å²) in [6.07, 6.45) is 17.8. The van der Waals surface area contributed by atoms with Gasteiger partial charge in [-0.3, -0.25) is 23.2 Å². The largest absolute Gasteiger partial charge is 0.481 e. The monoisotopic (exact) mass is 897 g/mol. The fourth-order valence-electron chi connectivity index (χ4n) is 6.72. The van der Waals surface area contributed by atoms with Crippen LogP contribution >= 0.6 is 15.6 Å². The van der Waals surface area contributed by atoms with E-state index >= 15 is 0 Å². The first kappa shape index (κ1) is 53.9. The number of rotatable bonds is 36. The molecule has 1 aliphatic heterocycles. The highest BCUT2D eigenvalue weighted by Crippen LogP contribution is 2.60. The lowest BCUT2D eigenvalue weighted by molar-refractivity contribution is -0.161. The summed E-state index contributed by atoms with van der Waals surface area (Å²) in [6.45, 7) is 2.12. The lowest BCUT2D eigenvalue weighted by atomic mass is 10.1. The maximum Gasteiger partial charge on any atom is 0.481 e. The van der Waals surface area contributed by atoms with Crippen LogP contribution in [0, 0.1) is 0 Å². The van der Waals surface area contributed by atoms with E-state index in [1.54, 1.807) is 0 Å². The highest BCUT2D eigenvalue weighted by atomic mass is 31.3. The third-order valence-electron chi connectivity index (χ3n) is 10.2. The average Bonchev–Trinajstić information content (AvgIpc) is 3.47. The van der Waals surface area contributed by atoms with Crippen molar-refractivity contribution in [2.24, 2.45) is 0 Å². The number of hydrogen-bond donors (Lipinski definition) is 5. The van der Waals surface area contributed by atoms with Crippen LogP contribution in [0.4, 0.5) is 5.82 Å². The van der Waals surface area contributed by atoms with Gasteiger partial charge in [0, 0.05) is 19.0 Å². The maximum atomic E-state index is 12.8. The van der Waals surface area contributed by atoms with Gasteiger partial charge in [-0.2, -0.15) is 9.29 Å². The van der Waals surface area contributed by atoms with E-state index in [0.717, 1.165) is 62.1 Å². The number of phosphoric ester groups is 2. The van der Waals surface area contributed by atoms with Crippen molar-refractivity contribution in [2.45, 2.75) is 199 Å². The predicted molar refractivity (Wildman–Crippen MR) is 224 cm³/mol. The molecule has 2 heterocycles. The van der Waals surface area contributed by atoms with Gasteiger partial charge in [0.05, 0.1) is 13.2 Å². The molecule has 0 aliphatic carbocycles. The van der Waals surface area contributed by atoms with Crippen LogP contribution in [0.15, 0.2) is 17.1 Å². The van der Waals surface area contributed by atoms with Gasteiger partial charge >= 0.3 is 33.3 Å². The quantitative estimate of drug-likeness (QED) is 0.0247. The van der Waals surface area contributed by atoms with E-state index in [4.69, 9.17) is 29.0 Å². The second-order valence-corrected chi connectivity index (χ2v) is 18.6. The molecule has 6 N–H and O–H groups in total. The number of aliphatic hydroxyl groups is 2. The number of nitrogens with two attached hydrogens (primary N) is 1. The van der Waals surface area contributed by atoms with Gasteiger partial charge < -0.3 is 39.9 Å². The number of unbranched alkanes of at least 4 members (excludes halogenated alkanes) is 20. The minimum absolute atomic E-state index is 0.0568. The number of aliphatic hydroxyl groups excluding tert-OH is 2. The first-order chi connectivity index (χ1) is 28.7. The SMILES string of the molecule is CCCCCCCCCCCCCC(=O)OC[C@H](COP(=O)(O)OP(=O)(O)OC[C@H]1O[C@@H](n2ccc(N)nc2=O)[C@@H](O)[C@@H]1O)OC(=O)CCCCCCCCCCCCC. The third kappa shape index (κ3) is 23.8. The Balaban J connectivity index is 1.85. The number of aromatic nitrogens is 2. The lowest BCUT2D eigenvalue weighted by Crippen LogP contribution is -2.36. The van der Waals surface area contributed by atoms with Crippen LogP contribution in [0.5, 0.6) is 0 Å². The number of carbonyl (C=O) groups is 2. The number of ether oxygens (including phenoxy) is 3. The van der Waals surface area contributed by atoms with Crippen molar-refractivity contribution in [2.75, 3.05) is 25.6 Å². The summed E-state index contributed by atoms with van der Waals surface area (Å²) in [5.74, 6) is -1.29. The standard InChI is InChI=1S/C40H73N3O15P2/c1-3-5-7-9-11-13-15-17-19-21-23-25-35(44)53-29-32(56-36(45)26-24-22-20-18-16-14-12-10-8-6-4-2)30-54-59(49,50)58-60(51,52)55-31-33-37(46)38(47)39(57-33)43-28-27-34(41)42-40(43)48/h27-28,32-33,37-39,46-47H,3-26,29-31H2,1-2H3,(H,49,50)(H,51,52)(H2,41,42,48)/t32-,33-,37-,38+,39-/m1/s1. The zero-order valence-corrected chi connectivity index (χ0v) is 37.6. The van der Waals surface area contributed by atoms with Gasteiger partial charge in [-0.25, -0.2) is 13.9 Å². The van der Waals surface area contributed by atoms with Gasteiger partial charge in [-0.15, -0.1) is 0 Å². The first-order valence-electron chi connectivity index (χ1n) is 22.0. The van der Waals surface area contributed by atoms with Gasteiger partial charge in [0.15, 0.2) is 12.3 Å². The summed E-state index contributed by atoms with van der Waals surface area (Å²) in [5.41, 5.74) is 4.57. The lowest BCUT2D eigenvalue weighted by Gasteiger charge is -2.21. The third-order valence-corrected chi connectivity index (χ3v) is 12.8. The molecule has 0 spiro atoms. The van der Waals surface area contributed by atoms with Crippen LogP contribution in [0.1, 0.15) is 174 Å². The Labute approximate surface area is 355 Å². The normalized spacial score (nSPS) is 20.4. The molecule has 1 aromatic heterocycles. The molecule has 1 aromatic rings. The summed E-state index contributed by atoms with van der Waals surface area (Å²) >= 11 is 0. The molecule has 348 valence electrons. The first-order valence-corrected chi connectivity index (χ1v) is 25.0. The smallest absolute Gasteiger partial charge is 0.462 e. The Hall–Kier alpha value is -2.24. The van der Waals surface area contributed by atoms with Gasteiger partial charge in [0.2, 0.25) is 0 Å². The summed E-state index contributed by atoms with van der Waals surface area (Å²) in [5, 5.41) is 20.8. The van der Waals surface area contributed by atoms with E-state index < -0.39 is 83.7 Å².